The Hall–Kier alpha value is -2.60. The van der Waals surface area contributed by atoms with Gasteiger partial charge in [0.05, 0.1) is 5.69 Å². The monoisotopic (exact) mass is 292 g/mol. The van der Waals surface area contributed by atoms with Crippen LogP contribution in [0.3, 0.4) is 0 Å². The molecule has 0 aliphatic rings. The van der Waals surface area contributed by atoms with Gasteiger partial charge >= 0.3 is 5.97 Å². The Morgan fingerprint density at radius 1 is 1.15 bits per heavy atom. The number of carboxylic acids is 1. The molecule has 1 aromatic carbocycles. The van der Waals surface area contributed by atoms with Gasteiger partial charge in [0.15, 0.2) is 5.75 Å². The molecule has 0 aliphatic heterocycles. The maximum absolute atomic E-state index is 11.9. The van der Waals surface area contributed by atoms with Crippen LogP contribution in [0.15, 0.2) is 36.4 Å². The number of rotatable bonds is 3. The van der Waals surface area contributed by atoms with Gasteiger partial charge in [0.1, 0.15) is 16.4 Å². The highest BCUT2D eigenvalue weighted by Gasteiger charge is 2.16. The van der Waals surface area contributed by atoms with E-state index in [2.05, 4.69) is 10.3 Å². The number of benzene rings is 1. The van der Waals surface area contributed by atoms with Crippen molar-refractivity contribution in [1.82, 2.24) is 4.98 Å². The highest BCUT2D eigenvalue weighted by Crippen LogP contribution is 2.27. The lowest BCUT2D eigenvalue weighted by atomic mass is 10.1. The molecule has 6 nitrogen and oxygen atoms in total. The van der Waals surface area contributed by atoms with E-state index >= 15 is 0 Å². The van der Waals surface area contributed by atoms with Crippen molar-refractivity contribution < 1.29 is 19.8 Å². The van der Waals surface area contributed by atoms with Gasteiger partial charge in [-0.2, -0.15) is 0 Å². The first-order chi connectivity index (χ1) is 9.49. The molecule has 0 fully saturated rings. The Labute approximate surface area is 118 Å². The Morgan fingerprint density at radius 3 is 2.50 bits per heavy atom. The van der Waals surface area contributed by atoms with Crippen molar-refractivity contribution in [3.05, 3.63) is 52.8 Å². The number of carboxylic acid groups (broad SMARTS) is 1. The van der Waals surface area contributed by atoms with E-state index in [1.807, 2.05) is 0 Å². The number of aromatic nitrogens is 1. The summed E-state index contributed by atoms with van der Waals surface area (Å²) in [6, 6.07) is 8.53. The van der Waals surface area contributed by atoms with Gasteiger partial charge in [-0.15, -0.1) is 0 Å². The van der Waals surface area contributed by atoms with E-state index in [0.717, 1.165) is 0 Å². The molecule has 0 aliphatic carbocycles. The molecular formula is C13H9ClN2O4. The van der Waals surface area contributed by atoms with Gasteiger partial charge in [-0.1, -0.05) is 23.7 Å². The first-order valence-electron chi connectivity index (χ1n) is 5.48. The predicted octanol–water partition coefficient (Wildman–Crippen LogP) is 2.39. The first-order valence-corrected chi connectivity index (χ1v) is 5.86. The SMILES string of the molecule is O=C(Nc1cccc(C(=O)O)c1O)c1cccc(Cl)n1. The second-order valence-electron chi connectivity index (χ2n) is 3.81. The van der Waals surface area contributed by atoms with E-state index in [1.165, 1.54) is 30.3 Å². The van der Waals surface area contributed by atoms with Gasteiger partial charge in [-0.25, -0.2) is 9.78 Å². The highest BCUT2D eigenvalue weighted by atomic mass is 35.5. The third-order valence-electron chi connectivity index (χ3n) is 2.46. The number of carbonyl (C=O) groups excluding carboxylic acids is 1. The number of aromatic carboxylic acids is 1. The number of para-hydroxylation sites is 1. The average Bonchev–Trinajstić information content (AvgIpc) is 2.40. The van der Waals surface area contributed by atoms with Gasteiger partial charge in [0, 0.05) is 0 Å². The summed E-state index contributed by atoms with van der Waals surface area (Å²) in [6.07, 6.45) is 0. The van der Waals surface area contributed by atoms with Gasteiger partial charge in [0.25, 0.3) is 5.91 Å². The van der Waals surface area contributed by atoms with E-state index in [9.17, 15) is 14.7 Å². The number of aromatic hydroxyl groups is 1. The Morgan fingerprint density at radius 2 is 1.85 bits per heavy atom. The Balaban J connectivity index is 2.29. The standard InChI is InChI=1S/C13H9ClN2O4/c14-10-6-2-5-9(15-10)12(18)16-8-4-1-3-7(11(8)17)13(19)20/h1-6,17H,(H,16,18)(H,19,20). The fourth-order valence-electron chi connectivity index (χ4n) is 1.54. The summed E-state index contributed by atoms with van der Waals surface area (Å²) in [5.41, 5.74) is -0.267. The lowest BCUT2D eigenvalue weighted by molar-refractivity contribution is 0.0693. The molecular weight excluding hydrogens is 284 g/mol. The van der Waals surface area contributed by atoms with Crippen molar-refractivity contribution in [2.45, 2.75) is 0 Å². The summed E-state index contributed by atoms with van der Waals surface area (Å²) in [4.78, 5) is 26.6. The molecule has 0 unspecified atom stereocenters. The number of nitrogens with one attached hydrogen (secondary N) is 1. The second-order valence-corrected chi connectivity index (χ2v) is 4.19. The van der Waals surface area contributed by atoms with Crippen molar-refractivity contribution >= 4 is 29.2 Å². The molecule has 1 aromatic heterocycles. The number of nitrogens with zero attached hydrogens (tertiary/aromatic N) is 1. The van der Waals surface area contributed by atoms with E-state index in [4.69, 9.17) is 16.7 Å². The zero-order chi connectivity index (χ0) is 14.7. The summed E-state index contributed by atoms with van der Waals surface area (Å²) >= 11 is 5.67. The van der Waals surface area contributed by atoms with Crippen LogP contribution in [0.1, 0.15) is 20.8 Å². The van der Waals surface area contributed by atoms with Crippen molar-refractivity contribution in [2.75, 3.05) is 5.32 Å². The van der Waals surface area contributed by atoms with Crippen molar-refractivity contribution in [2.24, 2.45) is 0 Å². The Bertz CT molecular complexity index is 688. The first kappa shape index (κ1) is 13.8. The predicted molar refractivity (Wildman–Crippen MR) is 72.3 cm³/mol. The maximum Gasteiger partial charge on any atom is 0.339 e. The molecule has 0 radical (unpaired) electrons. The van der Waals surface area contributed by atoms with E-state index < -0.39 is 17.6 Å². The molecule has 0 saturated carbocycles. The number of halogens is 1. The molecule has 0 spiro atoms. The summed E-state index contributed by atoms with van der Waals surface area (Å²) in [5.74, 6) is -2.42. The quantitative estimate of drug-likeness (QED) is 0.596. The minimum absolute atomic E-state index is 0.0170. The molecule has 1 amide bonds. The molecule has 0 bridgehead atoms. The number of pyridine rings is 1. The summed E-state index contributed by atoms with van der Waals surface area (Å²) in [5, 5.41) is 21.2. The number of hydrogen-bond donors (Lipinski definition) is 3. The van der Waals surface area contributed by atoms with Crippen LogP contribution >= 0.6 is 11.6 Å². The molecule has 102 valence electrons. The Kier molecular flexibility index (Phi) is 3.86. The fourth-order valence-corrected chi connectivity index (χ4v) is 1.70. The fraction of sp³-hybridized carbons (Fsp3) is 0. The van der Waals surface area contributed by atoms with Gasteiger partial charge in [-0.3, -0.25) is 4.79 Å². The smallest absolute Gasteiger partial charge is 0.339 e. The zero-order valence-electron chi connectivity index (χ0n) is 10.0. The summed E-state index contributed by atoms with van der Waals surface area (Å²) in [6.45, 7) is 0. The van der Waals surface area contributed by atoms with Crippen LogP contribution in [-0.2, 0) is 0 Å². The second kappa shape index (κ2) is 5.58. The highest BCUT2D eigenvalue weighted by molar-refractivity contribution is 6.29. The molecule has 1 heterocycles. The molecule has 0 saturated heterocycles. The molecule has 2 aromatic rings. The molecule has 2 rings (SSSR count). The number of amides is 1. The van der Waals surface area contributed by atoms with Crippen LogP contribution in [0.25, 0.3) is 0 Å². The van der Waals surface area contributed by atoms with Gasteiger partial charge < -0.3 is 15.5 Å². The maximum atomic E-state index is 11.9. The third-order valence-corrected chi connectivity index (χ3v) is 2.67. The van der Waals surface area contributed by atoms with Crippen molar-refractivity contribution in [3.63, 3.8) is 0 Å². The van der Waals surface area contributed by atoms with Crippen LogP contribution in [0.2, 0.25) is 5.15 Å². The van der Waals surface area contributed by atoms with Crippen LogP contribution in [0.5, 0.6) is 5.75 Å². The summed E-state index contributed by atoms with van der Waals surface area (Å²) in [7, 11) is 0. The van der Waals surface area contributed by atoms with Gasteiger partial charge in [-0.05, 0) is 24.3 Å². The molecule has 3 N–H and O–H groups in total. The third kappa shape index (κ3) is 2.86. The summed E-state index contributed by atoms with van der Waals surface area (Å²) < 4.78 is 0. The molecule has 20 heavy (non-hydrogen) atoms. The topological polar surface area (TPSA) is 99.5 Å². The number of anilines is 1. The molecule has 7 heteroatoms. The molecule has 0 atom stereocenters. The van der Waals surface area contributed by atoms with Gasteiger partial charge in [0.2, 0.25) is 0 Å². The van der Waals surface area contributed by atoms with Crippen molar-refractivity contribution in [1.29, 1.82) is 0 Å². The van der Waals surface area contributed by atoms with Crippen LogP contribution in [-0.4, -0.2) is 27.1 Å². The normalized spacial score (nSPS) is 10.1. The lowest BCUT2D eigenvalue weighted by Gasteiger charge is -2.08. The largest absolute Gasteiger partial charge is 0.505 e. The number of phenols is 1. The minimum Gasteiger partial charge on any atom is -0.505 e. The van der Waals surface area contributed by atoms with Crippen LogP contribution < -0.4 is 5.32 Å². The minimum atomic E-state index is -1.29. The van der Waals surface area contributed by atoms with Crippen molar-refractivity contribution in [3.8, 4) is 5.75 Å². The van der Waals surface area contributed by atoms with Crippen LogP contribution in [0.4, 0.5) is 5.69 Å². The van der Waals surface area contributed by atoms with Crippen LogP contribution in [0, 0.1) is 0 Å². The van der Waals surface area contributed by atoms with E-state index in [0.29, 0.717) is 0 Å². The zero-order valence-corrected chi connectivity index (χ0v) is 10.8. The van der Waals surface area contributed by atoms with E-state index in [-0.39, 0.29) is 22.1 Å². The lowest BCUT2D eigenvalue weighted by Crippen LogP contribution is -2.14. The number of carbonyl (C=O) groups is 2. The number of hydrogen-bond acceptors (Lipinski definition) is 4. The average molecular weight is 293 g/mol. The van der Waals surface area contributed by atoms with E-state index in [1.54, 1.807) is 6.07 Å².